The third kappa shape index (κ3) is 2.42. The summed E-state index contributed by atoms with van der Waals surface area (Å²) in [6.07, 6.45) is 2.05. The fourth-order valence-corrected chi connectivity index (χ4v) is 3.33. The van der Waals surface area contributed by atoms with Crippen molar-refractivity contribution in [2.75, 3.05) is 0 Å². The molecule has 0 aliphatic heterocycles. The molecule has 0 bridgehead atoms. The van der Waals surface area contributed by atoms with Gasteiger partial charge in [0.25, 0.3) is 0 Å². The SMILES string of the molecule is O=Cc1c[nH]c2cc(-c3c(Cl)cc(Cl)cc3Cl)cc(F)c12. The molecule has 106 valence electrons. The minimum absolute atomic E-state index is 0.245. The number of benzene rings is 2. The van der Waals surface area contributed by atoms with E-state index in [4.69, 9.17) is 34.8 Å². The van der Waals surface area contributed by atoms with Crippen LogP contribution in [0.2, 0.25) is 15.1 Å². The predicted octanol–water partition coefficient (Wildman–Crippen LogP) is 5.75. The van der Waals surface area contributed by atoms with Gasteiger partial charge in [-0.25, -0.2) is 4.39 Å². The van der Waals surface area contributed by atoms with Gasteiger partial charge in [0.15, 0.2) is 6.29 Å². The Balaban J connectivity index is 2.30. The highest BCUT2D eigenvalue weighted by Crippen LogP contribution is 2.39. The lowest BCUT2D eigenvalue weighted by atomic mass is 10.0. The van der Waals surface area contributed by atoms with E-state index >= 15 is 0 Å². The van der Waals surface area contributed by atoms with Crippen molar-refractivity contribution in [2.24, 2.45) is 0 Å². The quantitative estimate of drug-likeness (QED) is 0.591. The van der Waals surface area contributed by atoms with Crippen LogP contribution in [0.1, 0.15) is 10.4 Å². The van der Waals surface area contributed by atoms with Crippen molar-refractivity contribution < 1.29 is 9.18 Å². The van der Waals surface area contributed by atoms with Gasteiger partial charge >= 0.3 is 0 Å². The number of hydrogen-bond acceptors (Lipinski definition) is 1. The van der Waals surface area contributed by atoms with Gasteiger partial charge in [0.05, 0.1) is 10.0 Å². The molecule has 6 heteroatoms. The molecule has 1 N–H and O–H groups in total. The van der Waals surface area contributed by atoms with E-state index in [2.05, 4.69) is 4.98 Å². The summed E-state index contributed by atoms with van der Waals surface area (Å²) in [4.78, 5) is 13.7. The van der Waals surface area contributed by atoms with Gasteiger partial charge < -0.3 is 4.98 Å². The topological polar surface area (TPSA) is 32.9 Å². The van der Waals surface area contributed by atoms with E-state index < -0.39 is 5.82 Å². The van der Waals surface area contributed by atoms with Crippen molar-refractivity contribution in [3.8, 4) is 11.1 Å². The number of hydrogen-bond donors (Lipinski definition) is 1. The summed E-state index contributed by atoms with van der Waals surface area (Å²) < 4.78 is 14.3. The molecule has 0 atom stereocenters. The Kier molecular flexibility index (Phi) is 3.66. The van der Waals surface area contributed by atoms with Crippen LogP contribution in [0.5, 0.6) is 0 Å². The Morgan fingerprint density at radius 2 is 1.71 bits per heavy atom. The van der Waals surface area contributed by atoms with Crippen molar-refractivity contribution in [1.29, 1.82) is 0 Å². The lowest BCUT2D eigenvalue weighted by Crippen LogP contribution is -1.87. The molecule has 0 unspecified atom stereocenters. The molecule has 1 aromatic heterocycles. The molecule has 0 saturated carbocycles. The summed E-state index contributed by atoms with van der Waals surface area (Å²) in [7, 11) is 0. The van der Waals surface area contributed by atoms with Crippen LogP contribution in [-0.2, 0) is 0 Å². The summed E-state index contributed by atoms with van der Waals surface area (Å²) >= 11 is 18.2. The van der Waals surface area contributed by atoms with Gasteiger partial charge in [0.1, 0.15) is 5.82 Å². The van der Waals surface area contributed by atoms with Crippen LogP contribution >= 0.6 is 34.8 Å². The number of aromatic amines is 1. The van der Waals surface area contributed by atoms with Gasteiger partial charge in [-0.05, 0) is 29.8 Å². The molecular formula is C15H7Cl3FNO. The number of H-pyrrole nitrogens is 1. The molecular weight excluding hydrogens is 336 g/mol. The van der Waals surface area contributed by atoms with E-state index in [1.54, 1.807) is 6.07 Å². The van der Waals surface area contributed by atoms with Gasteiger partial charge in [-0.1, -0.05) is 34.8 Å². The summed E-state index contributed by atoms with van der Waals surface area (Å²) in [6.45, 7) is 0. The summed E-state index contributed by atoms with van der Waals surface area (Å²) in [6, 6.07) is 6.06. The molecule has 3 aromatic rings. The van der Waals surface area contributed by atoms with Crippen LogP contribution in [0.25, 0.3) is 22.0 Å². The lowest BCUT2D eigenvalue weighted by molar-refractivity contribution is 0.112. The normalized spacial score (nSPS) is 11.0. The first kappa shape index (κ1) is 14.4. The van der Waals surface area contributed by atoms with Crippen molar-refractivity contribution in [3.63, 3.8) is 0 Å². The summed E-state index contributed by atoms with van der Waals surface area (Å²) in [5.41, 5.74) is 1.76. The van der Waals surface area contributed by atoms with Crippen molar-refractivity contribution in [3.05, 3.63) is 56.9 Å². The van der Waals surface area contributed by atoms with Gasteiger partial charge in [-0.15, -0.1) is 0 Å². The van der Waals surface area contributed by atoms with Gasteiger partial charge in [-0.2, -0.15) is 0 Å². The largest absolute Gasteiger partial charge is 0.360 e. The lowest BCUT2D eigenvalue weighted by Gasteiger charge is -2.09. The molecule has 0 fully saturated rings. The van der Waals surface area contributed by atoms with Crippen LogP contribution in [0.4, 0.5) is 4.39 Å². The van der Waals surface area contributed by atoms with E-state index in [0.29, 0.717) is 38.0 Å². The molecule has 0 saturated heterocycles. The molecule has 0 amide bonds. The van der Waals surface area contributed by atoms with Crippen LogP contribution < -0.4 is 0 Å². The molecule has 0 spiro atoms. The maximum atomic E-state index is 14.3. The van der Waals surface area contributed by atoms with Crippen LogP contribution in [0.3, 0.4) is 0 Å². The zero-order valence-corrected chi connectivity index (χ0v) is 12.7. The Labute approximate surface area is 134 Å². The minimum Gasteiger partial charge on any atom is -0.360 e. The number of halogens is 4. The van der Waals surface area contributed by atoms with E-state index in [1.807, 2.05) is 0 Å². The first-order valence-electron chi connectivity index (χ1n) is 5.92. The monoisotopic (exact) mass is 341 g/mol. The van der Waals surface area contributed by atoms with Crippen LogP contribution in [0.15, 0.2) is 30.5 Å². The average molecular weight is 343 g/mol. The summed E-state index contributed by atoms with van der Waals surface area (Å²) in [5, 5.41) is 1.30. The smallest absolute Gasteiger partial charge is 0.152 e. The molecule has 2 aromatic carbocycles. The molecule has 0 aliphatic carbocycles. The van der Waals surface area contributed by atoms with Crippen molar-refractivity contribution in [2.45, 2.75) is 0 Å². The van der Waals surface area contributed by atoms with E-state index in [-0.39, 0.29) is 10.9 Å². The Bertz CT molecular complexity index is 850. The fraction of sp³-hybridized carbons (Fsp3) is 0. The zero-order valence-electron chi connectivity index (χ0n) is 10.4. The Morgan fingerprint density at radius 3 is 2.33 bits per heavy atom. The Hall–Kier alpha value is -1.55. The number of carbonyl (C=O) groups is 1. The molecule has 0 aliphatic rings. The minimum atomic E-state index is -0.520. The molecule has 21 heavy (non-hydrogen) atoms. The second kappa shape index (κ2) is 5.34. The third-order valence-corrected chi connectivity index (χ3v) is 4.00. The van der Waals surface area contributed by atoms with Gasteiger partial charge in [0, 0.05) is 33.2 Å². The van der Waals surface area contributed by atoms with Gasteiger partial charge in [-0.3, -0.25) is 4.79 Å². The number of aromatic nitrogens is 1. The second-order valence-corrected chi connectivity index (χ2v) is 5.74. The van der Waals surface area contributed by atoms with Crippen molar-refractivity contribution in [1.82, 2.24) is 4.98 Å². The highest BCUT2D eigenvalue weighted by molar-refractivity contribution is 6.41. The van der Waals surface area contributed by atoms with Crippen molar-refractivity contribution >= 4 is 52.0 Å². The number of fused-ring (bicyclic) bond motifs is 1. The molecule has 0 radical (unpaired) electrons. The number of carbonyl (C=O) groups excluding carboxylic acids is 1. The highest BCUT2D eigenvalue weighted by atomic mass is 35.5. The first-order chi connectivity index (χ1) is 10.0. The standard InChI is InChI=1S/C15H7Cl3FNO/c16-9-3-10(17)14(11(18)4-9)7-1-12(19)15-8(6-21)5-20-13(15)2-7/h1-6,20H. The number of nitrogens with one attached hydrogen (secondary N) is 1. The number of aldehydes is 1. The number of rotatable bonds is 2. The third-order valence-electron chi connectivity index (χ3n) is 3.18. The second-order valence-electron chi connectivity index (χ2n) is 4.49. The molecule has 3 rings (SSSR count). The van der Waals surface area contributed by atoms with Crippen LogP contribution in [0, 0.1) is 5.82 Å². The van der Waals surface area contributed by atoms with E-state index in [0.717, 1.165) is 0 Å². The summed E-state index contributed by atoms with van der Waals surface area (Å²) in [5.74, 6) is -0.520. The molecule has 2 nitrogen and oxygen atoms in total. The predicted molar refractivity (Wildman–Crippen MR) is 84.1 cm³/mol. The van der Waals surface area contributed by atoms with E-state index in [9.17, 15) is 9.18 Å². The first-order valence-corrected chi connectivity index (χ1v) is 7.05. The maximum Gasteiger partial charge on any atom is 0.152 e. The van der Waals surface area contributed by atoms with E-state index in [1.165, 1.54) is 24.4 Å². The maximum absolute atomic E-state index is 14.3. The average Bonchev–Trinajstić information content (AvgIpc) is 2.81. The highest BCUT2D eigenvalue weighted by Gasteiger charge is 2.15. The van der Waals surface area contributed by atoms with Crippen LogP contribution in [-0.4, -0.2) is 11.3 Å². The molecule has 1 heterocycles. The Morgan fingerprint density at radius 1 is 1.05 bits per heavy atom. The zero-order chi connectivity index (χ0) is 15.1. The fourth-order valence-electron chi connectivity index (χ4n) is 2.30. The van der Waals surface area contributed by atoms with Gasteiger partial charge in [0.2, 0.25) is 0 Å².